The van der Waals surface area contributed by atoms with Crippen LogP contribution in [0.25, 0.3) is 0 Å². The van der Waals surface area contributed by atoms with E-state index in [4.69, 9.17) is 11.6 Å². The largest absolute Gasteiger partial charge is 0.370 e. The first-order chi connectivity index (χ1) is 14.0. The summed E-state index contributed by atoms with van der Waals surface area (Å²) in [6, 6.07) is 7.60. The highest BCUT2D eigenvalue weighted by molar-refractivity contribution is 8.00. The Labute approximate surface area is 182 Å². The minimum Gasteiger partial charge on any atom is -0.370 e. The summed E-state index contributed by atoms with van der Waals surface area (Å²) in [5.74, 6) is 1.87. The molecule has 0 amide bonds. The van der Waals surface area contributed by atoms with Crippen molar-refractivity contribution in [3.8, 4) is 0 Å². The first-order valence-electron chi connectivity index (χ1n) is 10.3. The van der Waals surface area contributed by atoms with Crippen LogP contribution in [0.2, 0.25) is 5.02 Å². The van der Waals surface area contributed by atoms with Crippen LogP contribution in [-0.4, -0.2) is 43.1 Å². The summed E-state index contributed by atoms with van der Waals surface area (Å²) in [5.41, 5.74) is 1.71. The first-order valence-corrected chi connectivity index (χ1v) is 11.5. The summed E-state index contributed by atoms with van der Waals surface area (Å²) in [6.45, 7) is 6.31. The molecule has 0 atom stereocenters. The predicted molar refractivity (Wildman–Crippen MR) is 120 cm³/mol. The predicted octanol–water partition coefficient (Wildman–Crippen LogP) is 5.47. The number of benzene rings is 1. The van der Waals surface area contributed by atoms with Gasteiger partial charge in [-0.2, -0.15) is 0 Å². The number of hydrogen-bond donors (Lipinski definition) is 1. The van der Waals surface area contributed by atoms with Crippen molar-refractivity contribution in [2.45, 2.75) is 31.1 Å². The van der Waals surface area contributed by atoms with Gasteiger partial charge in [-0.15, -0.1) is 0 Å². The fraction of sp³-hybridized carbons (Fsp3) is 0.500. The standard InChI is InChI=1S/C22H28ClFN4S/c1-15-11-18(28-13-17(14-28)12-16-6-9-27(2)10-7-16)20(23)21(24)22(15)29-26-19-5-3-4-8-25-19/h3-5,8,11,16-17H,6-7,9-10,12-14H2,1-2H3,(H,25,26). The molecule has 0 saturated carbocycles. The molecule has 2 fully saturated rings. The third kappa shape index (κ3) is 4.81. The van der Waals surface area contributed by atoms with Gasteiger partial charge in [0.25, 0.3) is 0 Å². The highest BCUT2D eigenvalue weighted by Crippen LogP contribution is 2.41. The summed E-state index contributed by atoms with van der Waals surface area (Å²) < 4.78 is 18.1. The van der Waals surface area contributed by atoms with Crippen molar-refractivity contribution in [1.82, 2.24) is 9.88 Å². The number of likely N-dealkylation sites (tertiary alicyclic amines) is 1. The number of nitrogens with zero attached hydrogens (tertiary/aromatic N) is 3. The summed E-state index contributed by atoms with van der Waals surface area (Å²) in [6.07, 6.45) is 5.59. The molecule has 4 nitrogen and oxygen atoms in total. The van der Waals surface area contributed by atoms with Crippen molar-refractivity contribution in [3.05, 3.63) is 46.9 Å². The molecule has 2 aliphatic rings. The molecule has 4 rings (SSSR count). The molecule has 2 saturated heterocycles. The van der Waals surface area contributed by atoms with Crippen molar-refractivity contribution in [1.29, 1.82) is 0 Å². The second kappa shape index (κ2) is 9.11. The molecule has 156 valence electrons. The van der Waals surface area contributed by atoms with Gasteiger partial charge in [0, 0.05) is 19.3 Å². The van der Waals surface area contributed by atoms with E-state index < -0.39 is 0 Å². The van der Waals surface area contributed by atoms with E-state index in [1.165, 1.54) is 44.3 Å². The van der Waals surface area contributed by atoms with Gasteiger partial charge >= 0.3 is 0 Å². The van der Waals surface area contributed by atoms with E-state index in [0.29, 0.717) is 16.6 Å². The minimum absolute atomic E-state index is 0.221. The molecule has 0 radical (unpaired) electrons. The van der Waals surface area contributed by atoms with Crippen LogP contribution in [0.4, 0.5) is 15.9 Å². The molecule has 3 heterocycles. The zero-order chi connectivity index (χ0) is 20.4. The normalized spacial score (nSPS) is 18.7. The van der Waals surface area contributed by atoms with Crippen LogP contribution >= 0.6 is 23.5 Å². The van der Waals surface area contributed by atoms with Crippen LogP contribution in [0, 0.1) is 24.6 Å². The fourth-order valence-corrected chi connectivity index (χ4v) is 5.35. The lowest BCUT2D eigenvalue weighted by Gasteiger charge is -2.44. The Morgan fingerprint density at radius 3 is 2.69 bits per heavy atom. The number of aromatic nitrogens is 1. The van der Waals surface area contributed by atoms with Crippen LogP contribution in [0.3, 0.4) is 0 Å². The molecule has 0 bridgehead atoms. The number of hydrogen-bond acceptors (Lipinski definition) is 5. The number of halogens is 2. The summed E-state index contributed by atoms with van der Waals surface area (Å²) >= 11 is 7.65. The average Bonchev–Trinajstić information content (AvgIpc) is 2.70. The van der Waals surface area contributed by atoms with Gasteiger partial charge in [-0.25, -0.2) is 9.37 Å². The third-order valence-corrected chi connectivity index (χ3v) is 7.43. The number of pyridine rings is 1. The molecule has 0 unspecified atom stereocenters. The third-order valence-electron chi connectivity index (χ3n) is 6.05. The Kier molecular flexibility index (Phi) is 6.52. The summed E-state index contributed by atoms with van der Waals surface area (Å²) in [4.78, 5) is 9.36. The number of piperidine rings is 1. The topological polar surface area (TPSA) is 31.4 Å². The molecular formula is C22H28ClFN4S. The second-order valence-electron chi connectivity index (χ2n) is 8.34. The van der Waals surface area contributed by atoms with Crippen molar-refractivity contribution in [2.75, 3.05) is 42.8 Å². The van der Waals surface area contributed by atoms with E-state index in [0.717, 1.165) is 30.3 Å². The van der Waals surface area contributed by atoms with Gasteiger partial charge < -0.3 is 14.5 Å². The Bertz CT molecular complexity index is 836. The smallest absolute Gasteiger partial charge is 0.159 e. The number of rotatable bonds is 6. The maximum Gasteiger partial charge on any atom is 0.159 e. The Balaban J connectivity index is 1.36. The number of nitrogens with one attached hydrogen (secondary N) is 1. The lowest BCUT2D eigenvalue weighted by molar-refractivity contribution is 0.186. The number of anilines is 2. The zero-order valence-electron chi connectivity index (χ0n) is 17.0. The molecule has 29 heavy (non-hydrogen) atoms. The molecule has 7 heteroatoms. The Hall–Kier alpha value is -1.50. The Morgan fingerprint density at radius 1 is 1.24 bits per heavy atom. The summed E-state index contributed by atoms with van der Waals surface area (Å²) in [5, 5.41) is 0.221. The van der Waals surface area contributed by atoms with Crippen molar-refractivity contribution in [2.24, 2.45) is 11.8 Å². The minimum atomic E-state index is -0.353. The first kappa shape index (κ1) is 20.8. The molecule has 1 aromatic carbocycles. The van der Waals surface area contributed by atoms with E-state index in [2.05, 4.69) is 26.6 Å². The molecule has 2 aromatic rings. The molecule has 0 spiro atoms. The van der Waals surface area contributed by atoms with Gasteiger partial charge in [0.15, 0.2) is 5.82 Å². The molecule has 1 N–H and O–H groups in total. The maximum absolute atomic E-state index is 15.0. The van der Waals surface area contributed by atoms with Crippen LogP contribution < -0.4 is 9.62 Å². The lowest BCUT2D eigenvalue weighted by Crippen LogP contribution is -2.48. The monoisotopic (exact) mass is 434 g/mol. The molecule has 1 aromatic heterocycles. The maximum atomic E-state index is 15.0. The average molecular weight is 435 g/mol. The second-order valence-corrected chi connectivity index (χ2v) is 9.54. The van der Waals surface area contributed by atoms with E-state index in [-0.39, 0.29) is 10.8 Å². The highest BCUT2D eigenvalue weighted by atomic mass is 35.5. The van der Waals surface area contributed by atoms with Crippen LogP contribution in [0.15, 0.2) is 35.4 Å². The van der Waals surface area contributed by atoms with Crippen molar-refractivity contribution >= 4 is 35.1 Å². The van der Waals surface area contributed by atoms with Crippen LogP contribution in [-0.2, 0) is 0 Å². The van der Waals surface area contributed by atoms with Gasteiger partial charge in [-0.05, 0) is 93.9 Å². The SMILES string of the molecule is Cc1cc(N2CC(CC3CCN(C)CC3)C2)c(Cl)c(F)c1SNc1ccccn1. The van der Waals surface area contributed by atoms with Crippen molar-refractivity contribution < 1.29 is 4.39 Å². The fourth-order valence-electron chi connectivity index (χ4n) is 4.29. The van der Waals surface area contributed by atoms with Gasteiger partial charge in [0.1, 0.15) is 10.8 Å². The number of aryl methyl sites for hydroxylation is 1. The van der Waals surface area contributed by atoms with E-state index >= 15 is 4.39 Å². The molecular weight excluding hydrogens is 407 g/mol. The zero-order valence-corrected chi connectivity index (χ0v) is 18.6. The van der Waals surface area contributed by atoms with Crippen molar-refractivity contribution in [3.63, 3.8) is 0 Å². The lowest BCUT2D eigenvalue weighted by atomic mass is 9.83. The Morgan fingerprint density at radius 2 is 2.00 bits per heavy atom. The van der Waals surface area contributed by atoms with Gasteiger partial charge in [-0.1, -0.05) is 17.7 Å². The van der Waals surface area contributed by atoms with E-state index in [1.807, 2.05) is 31.2 Å². The van der Waals surface area contributed by atoms with E-state index in [9.17, 15) is 0 Å². The van der Waals surface area contributed by atoms with Gasteiger partial charge in [0.2, 0.25) is 0 Å². The molecule has 2 aliphatic heterocycles. The van der Waals surface area contributed by atoms with E-state index in [1.54, 1.807) is 6.20 Å². The quantitative estimate of drug-likeness (QED) is 0.609. The van der Waals surface area contributed by atoms with Crippen LogP contribution in [0.1, 0.15) is 24.8 Å². The summed E-state index contributed by atoms with van der Waals surface area (Å²) in [7, 11) is 2.20. The molecule has 0 aliphatic carbocycles. The van der Waals surface area contributed by atoms with Gasteiger partial charge in [0.05, 0.1) is 10.6 Å². The van der Waals surface area contributed by atoms with Crippen LogP contribution in [0.5, 0.6) is 0 Å². The highest BCUT2D eigenvalue weighted by Gasteiger charge is 2.32. The van der Waals surface area contributed by atoms with Gasteiger partial charge in [-0.3, -0.25) is 0 Å².